The number of nitrogens with zero attached hydrogens (tertiary/aromatic N) is 3. The van der Waals surface area contributed by atoms with Crippen LogP contribution in [0.1, 0.15) is 12.1 Å². The van der Waals surface area contributed by atoms with Crippen LogP contribution >= 0.6 is 11.6 Å². The van der Waals surface area contributed by atoms with Crippen LogP contribution in [0, 0.1) is 0 Å². The lowest BCUT2D eigenvalue weighted by molar-refractivity contribution is -0.111. The molecule has 1 fully saturated rings. The quantitative estimate of drug-likeness (QED) is 0.288. The van der Waals surface area contributed by atoms with Gasteiger partial charge in [0, 0.05) is 29.8 Å². The van der Waals surface area contributed by atoms with Crippen molar-refractivity contribution in [3.05, 3.63) is 84.4 Å². The number of ether oxygens (including phenoxy) is 3. The lowest BCUT2D eigenvalue weighted by Crippen LogP contribution is -2.18. The molecule has 4 aromatic rings. The van der Waals surface area contributed by atoms with Crippen LogP contribution in [-0.2, 0) is 16.1 Å². The van der Waals surface area contributed by atoms with E-state index in [1.54, 1.807) is 30.5 Å². The lowest BCUT2D eigenvalue weighted by atomic mass is 10.1. The van der Waals surface area contributed by atoms with Crippen molar-refractivity contribution in [3.63, 3.8) is 0 Å². The van der Waals surface area contributed by atoms with Gasteiger partial charge >= 0.3 is 0 Å². The third-order valence-electron chi connectivity index (χ3n) is 5.66. The Labute approximate surface area is 218 Å². The third-order valence-corrected chi connectivity index (χ3v) is 5.95. The summed E-state index contributed by atoms with van der Waals surface area (Å²) in [7, 11) is 0. The van der Waals surface area contributed by atoms with E-state index in [1.165, 1.54) is 12.4 Å². The van der Waals surface area contributed by atoms with Crippen LogP contribution in [-0.4, -0.2) is 40.2 Å². The fraction of sp³-hybridized carbons (Fsp3) is 0.185. The van der Waals surface area contributed by atoms with Crippen molar-refractivity contribution in [2.24, 2.45) is 0 Å². The number of carbonyl (C=O) groups is 1. The number of fused-ring (bicyclic) bond motifs is 1. The summed E-state index contributed by atoms with van der Waals surface area (Å²) < 4.78 is 17.3. The summed E-state index contributed by atoms with van der Waals surface area (Å²) in [5, 5.41) is 7.21. The van der Waals surface area contributed by atoms with Crippen LogP contribution in [0.5, 0.6) is 11.5 Å². The molecule has 3 heterocycles. The van der Waals surface area contributed by atoms with Crippen molar-refractivity contribution in [1.82, 2.24) is 15.0 Å². The monoisotopic (exact) mass is 517 g/mol. The maximum absolute atomic E-state index is 12.1. The number of rotatable bonds is 9. The fourth-order valence-corrected chi connectivity index (χ4v) is 4.05. The summed E-state index contributed by atoms with van der Waals surface area (Å²) >= 11 is 6.48. The zero-order chi connectivity index (χ0) is 25.6. The SMILES string of the molecule is C=CC(=O)Nc1cc2c(Nc3ccc(OCc4ccccn4)c(Cl)c3)ncnc2cc1O[C@H]1CCOC1. The second-order valence-electron chi connectivity index (χ2n) is 8.26. The molecule has 0 unspecified atom stereocenters. The molecular weight excluding hydrogens is 494 g/mol. The van der Waals surface area contributed by atoms with Gasteiger partial charge in [0.2, 0.25) is 5.91 Å². The van der Waals surface area contributed by atoms with Gasteiger partial charge in [-0.15, -0.1) is 0 Å². The lowest BCUT2D eigenvalue weighted by Gasteiger charge is -2.17. The normalized spacial score (nSPS) is 14.8. The zero-order valence-electron chi connectivity index (χ0n) is 19.8. The van der Waals surface area contributed by atoms with Crippen LogP contribution in [0.25, 0.3) is 10.9 Å². The number of hydrogen-bond donors (Lipinski definition) is 2. The Bertz CT molecular complexity index is 1430. The first-order valence-corrected chi connectivity index (χ1v) is 12.0. The molecule has 5 rings (SSSR count). The van der Waals surface area contributed by atoms with Crippen molar-refractivity contribution in [2.45, 2.75) is 19.1 Å². The summed E-state index contributed by atoms with van der Waals surface area (Å²) in [4.78, 5) is 25.2. The van der Waals surface area contributed by atoms with Gasteiger partial charge in [-0.25, -0.2) is 9.97 Å². The Balaban J connectivity index is 1.40. The summed E-state index contributed by atoms with van der Waals surface area (Å²) in [5.41, 5.74) is 2.63. The topological polar surface area (TPSA) is 107 Å². The number of hydrogen-bond acceptors (Lipinski definition) is 8. The first-order valence-electron chi connectivity index (χ1n) is 11.6. The molecule has 10 heteroatoms. The molecule has 188 valence electrons. The van der Waals surface area contributed by atoms with Gasteiger partial charge in [0.1, 0.15) is 36.4 Å². The summed E-state index contributed by atoms with van der Waals surface area (Å²) in [5.74, 6) is 1.22. The van der Waals surface area contributed by atoms with Gasteiger partial charge in [0.05, 0.1) is 35.1 Å². The number of halogens is 1. The number of amides is 1. The molecule has 1 saturated heterocycles. The largest absolute Gasteiger partial charge is 0.486 e. The third kappa shape index (κ3) is 5.96. The van der Waals surface area contributed by atoms with Crippen molar-refractivity contribution in [3.8, 4) is 11.5 Å². The van der Waals surface area contributed by atoms with E-state index in [-0.39, 0.29) is 12.0 Å². The first kappa shape index (κ1) is 24.5. The molecule has 37 heavy (non-hydrogen) atoms. The summed E-state index contributed by atoms with van der Waals surface area (Å²) in [6, 6.07) is 14.6. The highest BCUT2D eigenvalue weighted by atomic mass is 35.5. The molecule has 1 aliphatic rings. The Morgan fingerprint density at radius 2 is 2.08 bits per heavy atom. The summed E-state index contributed by atoms with van der Waals surface area (Å²) in [6.45, 7) is 4.97. The Morgan fingerprint density at radius 1 is 1.16 bits per heavy atom. The van der Waals surface area contributed by atoms with Crippen LogP contribution in [0.2, 0.25) is 5.02 Å². The van der Waals surface area contributed by atoms with Crippen molar-refractivity contribution in [2.75, 3.05) is 23.8 Å². The van der Waals surface area contributed by atoms with Gasteiger partial charge in [-0.2, -0.15) is 0 Å². The Kier molecular flexibility index (Phi) is 7.43. The average molecular weight is 518 g/mol. The molecule has 0 bridgehead atoms. The fourth-order valence-electron chi connectivity index (χ4n) is 3.82. The molecule has 0 spiro atoms. The maximum Gasteiger partial charge on any atom is 0.247 e. The number of pyridine rings is 1. The van der Waals surface area contributed by atoms with E-state index < -0.39 is 0 Å². The summed E-state index contributed by atoms with van der Waals surface area (Å²) in [6.07, 6.45) is 5.04. The van der Waals surface area contributed by atoms with Crippen LogP contribution in [0.15, 0.2) is 73.7 Å². The minimum Gasteiger partial charge on any atom is -0.486 e. The Hall–Kier alpha value is -4.21. The standard InChI is InChI=1S/C27H24ClN5O4/c1-2-26(34)33-23-12-20-22(13-25(23)37-19-8-10-35-15-19)30-16-31-27(20)32-17-6-7-24(21(28)11-17)36-14-18-5-3-4-9-29-18/h2-7,9,11-13,16,19H,1,8,10,14-15H2,(H,33,34)(H,30,31,32)/t19-/m0/s1. The van der Waals surface area contributed by atoms with E-state index >= 15 is 0 Å². The number of benzene rings is 2. The van der Waals surface area contributed by atoms with E-state index in [0.717, 1.165) is 12.1 Å². The molecular formula is C27H24ClN5O4. The zero-order valence-corrected chi connectivity index (χ0v) is 20.6. The van der Waals surface area contributed by atoms with Crippen LogP contribution in [0.4, 0.5) is 17.2 Å². The average Bonchev–Trinajstić information content (AvgIpc) is 3.42. The molecule has 1 atom stereocenters. The smallest absolute Gasteiger partial charge is 0.247 e. The Morgan fingerprint density at radius 3 is 2.84 bits per heavy atom. The molecule has 1 aliphatic heterocycles. The van der Waals surface area contributed by atoms with Gasteiger partial charge < -0.3 is 24.8 Å². The van der Waals surface area contributed by atoms with Gasteiger partial charge in [0.25, 0.3) is 0 Å². The van der Waals surface area contributed by atoms with Gasteiger partial charge in [-0.1, -0.05) is 24.2 Å². The highest BCUT2D eigenvalue weighted by Gasteiger charge is 2.20. The minimum absolute atomic E-state index is 0.100. The maximum atomic E-state index is 12.1. The first-order chi connectivity index (χ1) is 18.1. The van der Waals surface area contributed by atoms with Crippen molar-refractivity contribution in [1.29, 1.82) is 0 Å². The number of anilines is 3. The van der Waals surface area contributed by atoms with E-state index in [9.17, 15) is 4.79 Å². The molecule has 9 nitrogen and oxygen atoms in total. The highest BCUT2D eigenvalue weighted by molar-refractivity contribution is 6.32. The van der Waals surface area contributed by atoms with Crippen LogP contribution in [0.3, 0.4) is 0 Å². The van der Waals surface area contributed by atoms with Crippen LogP contribution < -0.4 is 20.1 Å². The number of carbonyl (C=O) groups excluding carboxylic acids is 1. The van der Waals surface area contributed by atoms with E-state index in [1.807, 2.05) is 24.3 Å². The second kappa shape index (κ2) is 11.2. The number of nitrogens with one attached hydrogen (secondary N) is 2. The predicted octanol–water partition coefficient (Wildman–Crippen LogP) is 5.29. The molecule has 0 aliphatic carbocycles. The molecule has 2 aromatic heterocycles. The van der Waals surface area contributed by atoms with Gasteiger partial charge in [-0.05, 0) is 42.5 Å². The minimum atomic E-state index is -0.355. The second-order valence-corrected chi connectivity index (χ2v) is 8.67. The van der Waals surface area contributed by atoms with Crippen molar-refractivity contribution >= 4 is 45.6 Å². The molecule has 2 N–H and O–H groups in total. The highest BCUT2D eigenvalue weighted by Crippen LogP contribution is 2.36. The van der Waals surface area contributed by atoms with Gasteiger partial charge in [0.15, 0.2) is 0 Å². The van der Waals surface area contributed by atoms with Gasteiger partial charge in [-0.3, -0.25) is 9.78 Å². The molecule has 1 amide bonds. The molecule has 0 saturated carbocycles. The van der Waals surface area contributed by atoms with E-state index in [4.69, 9.17) is 25.8 Å². The number of aromatic nitrogens is 3. The van der Waals surface area contributed by atoms with Crippen molar-refractivity contribution < 1.29 is 19.0 Å². The molecule has 0 radical (unpaired) electrons. The molecule has 2 aromatic carbocycles. The van der Waals surface area contributed by atoms with E-state index in [2.05, 4.69) is 32.2 Å². The van der Waals surface area contributed by atoms with E-state index in [0.29, 0.717) is 64.4 Å². The predicted molar refractivity (Wildman–Crippen MR) is 142 cm³/mol.